The van der Waals surface area contributed by atoms with E-state index in [4.69, 9.17) is 41.2 Å². The standard InChI is InChI=1S/C8H7Cl2NS/c1-4-2-3-5(9)6(7(4)10)8(11)12/h2-3H,1H3,(H2,11,12). The summed E-state index contributed by atoms with van der Waals surface area (Å²) in [6, 6.07) is 3.56. The molecule has 1 nitrogen and oxygen atoms in total. The van der Waals surface area contributed by atoms with E-state index in [0.717, 1.165) is 5.56 Å². The predicted octanol–water partition coefficient (Wildman–Crippen LogP) is 2.94. The monoisotopic (exact) mass is 219 g/mol. The number of thiocarbonyl (C=S) groups is 1. The summed E-state index contributed by atoms with van der Waals surface area (Å²) < 4.78 is 0. The number of nitrogens with two attached hydrogens (primary N) is 1. The quantitative estimate of drug-likeness (QED) is 0.736. The van der Waals surface area contributed by atoms with Crippen LogP contribution in [0.3, 0.4) is 0 Å². The summed E-state index contributed by atoms with van der Waals surface area (Å²) in [5, 5.41) is 1.04. The average Bonchev–Trinajstić information content (AvgIpc) is 1.97. The summed E-state index contributed by atoms with van der Waals surface area (Å²) in [4.78, 5) is 0.230. The molecule has 0 aliphatic carbocycles. The number of hydrogen-bond acceptors (Lipinski definition) is 1. The third-order valence-electron chi connectivity index (χ3n) is 1.53. The minimum atomic E-state index is 0.230. The molecule has 2 N–H and O–H groups in total. The Morgan fingerprint density at radius 1 is 1.42 bits per heavy atom. The van der Waals surface area contributed by atoms with Gasteiger partial charge in [0, 0.05) is 5.56 Å². The Balaban J connectivity index is 3.43. The molecule has 64 valence electrons. The molecule has 0 amide bonds. The summed E-state index contributed by atoms with van der Waals surface area (Å²) >= 11 is 16.6. The molecule has 0 aliphatic rings. The van der Waals surface area contributed by atoms with Crippen molar-refractivity contribution in [3.05, 3.63) is 33.3 Å². The maximum absolute atomic E-state index is 5.94. The number of aryl methyl sites for hydroxylation is 1. The van der Waals surface area contributed by atoms with Crippen molar-refractivity contribution < 1.29 is 0 Å². The average molecular weight is 220 g/mol. The highest BCUT2D eigenvalue weighted by Crippen LogP contribution is 2.27. The van der Waals surface area contributed by atoms with Crippen molar-refractivity contribution in [2.24, 2.45) is 5.73 Å². The van der Waals surface area contributed by atoms with Crippen molar-refractivity contribution in [1.82, 2.24) is 0 Å². The molecule has 0 aliphatic heterocycles. The lowest BCUT2D eigenvalue weighted by Crippen LogP contribution is -2.11. The Kier molecular flexibility index (Phi) is 2.94. The SMILES string of the molecule is Cc1ccc(Cl)c(C(N)=S)c1Cl. The molecule has 0 aromatic heterocycles. The van der Waals surface area contributed by atoms with Gasteiger partial charge in [0.2, 0.25) is 0 Å². The fourth-order valence-electron chi connectivity index (χ4n) is 0.883. The summed E-state index contributed by atoms with van der Waals surface area (Å²) in [5.74, 6) is 0. The molecule has 1 rings (SSSR count). The Morgan fingerprint density at radius 2 is 2.00 bits per heavy atom. The zero-order valence-electron chi connectivity index (χ0n) is 6.40. The smallest absolute Gasteiger partial charge is 0.107 e. The van der Waals surface area contributed by atoms with Crippen LogP contribution in [0, 0.1) is 6.92 Å². The fourth-order valence-corrected chi connectivity index (χ4v) is 1.78. The molecule has 1 aromatic carbocycles. The first-order valence-electron chi connectivity index (χ1n) is 3.28. The summed E-state index contributed by atoms with van der Waals surface area (Å²) in [5.41, 5.74) is 6.93. The van der Waals surface area contributed by atoms with Crippen molar-refractivity contribution in [2.75, 3.05) is 0 Å². The summed E-state index contributed by atoms with van der Waals surface area (Å²) in [7, 11) is 0. The van der Waals surface area contributed by atoms with Crippen LogP contribution in [0.15, 0.2) is 12.1 Å². The van der Waals surface area contributed by atoms with Gasteiger partial charge in [-0.2, -0.15) is 0 Å². The van der Waals surface area contributed by atoms with E-state index in [1.54, 1.807) is 6.07 Å². The highest BCUT2D eigenvalue weighted by atomic mass is 35.5. The maximum atomic E-state index is 5.94. The van der Waals surface area contributed by atoms with Gasteiger partial charge in [-0.1, -0.05) is 41.5 Å². The maximum Gasteiger partial charge on any atom is 0.107 e. The molecule has 4 heteroatoms. The molecule has 0 spiro atoms. The lowest BCUT2D eigenvalue weighted by Gasteiger charge is -2.06. The van der Waals surface area contributed by atoms with E-state index in [0.29, 0.717) is 15.6 Å². The number of rotatable bonds is 1. The van der Waals surface area contributed by atoms with Crippen LogP contribution in [-0.2, 0) is 0 Å². The second kappa shape index (κ2) is 3.60. The van der Waals surface area contributed by atoms with E-state index in [9.17, 15) is 0 Å². The molecule has 0 saturated heterocycles. The van der Waals surface area contributed by atoms with Gasteiger partial charge < -0.3 is 5.73 Å². The van der Waals surface area contributed by atoms with Crippen LogP contribution in [0.5, 0.6) is 0 Å². The molecule has 12 heavy (non-hydrogen) atoms. The molecule has 0 saturated carbocycles. The first kappa shape index (κ1) is 9.78. The molecule has 0 heterocycles. The normalized spacial score (nSPS) is 9.92. The Hall–Kier alpha value is -0.310. The summed E-state index contributed by atoms with van der Waals surface area (Å²) in [6.07, 6.45) is 0. The third kappa shape index (κ3) is 1.71. The molecule has 0 atom stereocenters. The molecule has 0 fully saturated rings. The minimum Gasteiger partial charge on any atom is -0.389 e. The fraction of sp³-hybridized carbons (Fsp3) is 0.125. The van der Waals surface area contributed by atoms with Crippen molar-refractivity contribution in [2.45, 2.75) is 6.92 Å². The van der Waals surface area contributed by atoms with Gasteiger partial charge in [-0.3, -0.25) is 0 Å². The molecule has 1 aromatic rings. The minimum absolute atomic E-state index is 0.230. The van der Waals surface area contributed by atoms with E-state index in [1.165, 1.54) is 0 Å². The molecular weight excluding hydrogens is 213 g/mol. The second-order valence-corrected chi connectivity index (χ2v) is 3.64. The van der Waals surface area contributed by atoms with E-state index in [2.05, 4.69) is 0 Å². The van der Waals surface area contributed by atoms with Crippen LogP contribution in [0.25, 0.3) is 0 Å². The molecule has 0 radical (unpaired) electrons. The Bertz CT molecular complexity index is 336. The first-order chi connectivity index (χ1) is 5.54. The number of hydrogen-bond donors (Lipinski definition) is 1. The van der Waals surface area contributed by atoms with E-state index < -0.39 is 0 Å². The van der Waals surface area contributed by atoms with Crippen molar-refractivity contribution in [3.8, 4) is 0 Å². The van der Waals surface area contributed by atoms with Gasteiger partial charge in [0.05, 0.1) is 10.0 Å². The molecule has 0 unspecified atom stereocenters. The topological polar surface area (TPSA) is 26.0 Å². The van der Waals surface area contributed by atoms with Gasteiger partial charge in [-0.05, 0) is 18.6 Å². The van der Waals surface area contributed by atoms with Crippen molar-refractivity contribution in [1.29, 1.82) is 0 Å². The van der Waals surface area contributed by atoms with Gasteiger partial charge >= 0.3 is 0 Å². The Labute approximate surface area is 86.5 Å². The first-order valence-corrected chi connectivity index (χ1v) is 4.45. The lowest BCUT2D eigenvalue weighted by atomic mass is 10.1. The highest BCUT2D eigenvalue weighted by molar-refractivity contribution is 7.80. The van der Waals surface area contributed by atoms with Gasteiger partial charge in [0.1, 0.15) is 4.99 Å². The lowest BCUT2D eigenvalue weighted by molar-refractivity contribution is 1.45. The van der Waals surface area contributed by atoms with Crippen LogP contribution in [0.1, 0.15) is 11.1 Å². The third-order valence-corrected chi connectivity index (χ3v) is 2.54. The Morgan fingerprint density at radius 3 is 2.42 bits per heavy atom. The van der Waals surface area contributed by atoms with Gasteiger partial charge in [-0.25, -0.2) is 0 Å². The molecule has 0 bridgehead atoms. The van der Waals surface area contributed by atoms with Crippen molar-refractivity contribution >= 4 is 40.4 Å². The van der Waals surface area contributed by atoms with Gasteiger partial charge in [-0.15, -0.1) is 0 Å². The second-order valence-electron chi connectivity index (χ2n) is 2.42. The van der Waals surface area contributed by atoms with Crippen LogP contribution in [0.2, 0.25) is 10.0 Å². The largest absolute Gasteiger partial charge is 0.389 e. The highest BCUT2D eigenvalue weighted by Gasteiger charge is 2.09. The molecular formula is C8H7Cl2NS. The van der Waals surface area contributed by atoms with Gasteiger partial charge in [0.15, 0.2) is 0 Å². The van der Waals surface area contributed by atoms with Crippen molar-refractivity contribution in [3.63, 3.8) is 0 Å². The van der Waals surface area contributed by atoms with Crippen LogP contribution < -0.4 is 5.73 Å². The van der Waals surface area contributed by atoms with E-state index in [-0.39, 0.29) is 4.99 Å². The van der Waals surface area contributed by atoms with Crippen LogP contribution in [0.4, 0.5) is 0 Å². The predicted molar refractivity (Wildman–Crippen MR) is 57.1 cm³/mol. The summed E-state index contributed by atoms with van der Waals surface area (Å²) in [6.45, 7) is 1.88. The van der Waals surface area contributed by atoms with E-state index in [1.807, 2.05) is 13.0 Å². The van der Waals surface area contributed by atoms with Gasteiger partial charge in [0.25, 0.3) is 0 Å². The van der Waals surface area contributed by atoms with Crippen LogP contribution in [-0.4, -0.2) is 4.99 Å². The number of benzene rings is 1. The zero-order valence-corrected chi connectivity index (χ0v) is 8.72. The van der Waals surface area contributed by atoms with E-state index >= 15 is 0 Å². The number of halogens is 2. The zero-order chi connectivity index (χ0) is 9.30. The van der Waals surface area contributed by atoms with Crippen LogP contribution >= 0.6 is 35.4 Å².